The van der Waals surface area contributed by atoms with E-state index in [0.29, 0.717) is 44.2 Å². The first kappa shape index (κ1) is 65.8. The number of carboxylic acid groups (broad SMARTS) is 1. The summed E-state index contributed by atoms with van der Waals surface area (Å²) in [6.07, 6.45) is 1.95. The van der Waals surface area contributed by atoms with Crippen LogP contribution in [0.5, 0.6) is 0 Å². The Morgan fingerprint density at radius 3 is 2.04 bits per heavy atom. The molecule has 0 saturated carbocycles. The Labute approximate surface area is 456 Å². The van der Waals surface area contributed by atoms with Crippen LogP contribution in [0.15, 0.2) is 47.2 Å². The summed E-state index contributed by atoms with van der Waals surface area (Å²) in [6, 6.07) is -1.37. The van der Waals surface area contributed by atoms with Gasteiger partial charge >= 0.3 is 5.97 Å². The lowest BCUT2D eigenvalue weighted by atomic mass is 10.0. The normalized spacial score (nSPS) is 16.3. The second-order valence-corrected chi connectivity index (χ2v) is 18.7. The summed E-state index contributed by atoms with van der Waals surface area (Å²) in [7, 11) is 0. The first-order valence-corrected chi connectivity index (χ1v) is 26.1. The predicted molar refractivity (Wildman–Crippen MR) is 291 cm³/mol. The monoisotopic (exact) mass is 1110 g/mol. The van der Waals surface area contributed by atoms with E-state index in [1.54, 1.807) is 24.4 Å². The lowest BCUT2D eigenvalue weighted by molar-refractivity contribution is -0.137. The van der Waals surface area contributed by atoms with Crippen LogP contribution in [0.2, 0.25) is 0 Å². The molecular weight excluding hydrogens is 1030 g/mol. The average Bonchev–Trinajstić information content (AvgIpc) is 4.11. The maximum Gasteiger partial charge on any atom is 0.352 e. The van der Waals surface area contributed by atoms with Crippen molar-refractivity contribution in [1.29, 1.82) is 5.41 Å². The molecule has 1 aromatic heterocycles. The van der Waals surface area contributed by atoms with Crippen LogP contribution in [0.3, 0.4) is 0 Å². The van der Waals surface area contributed by atoms with Gasteiger partial charge in [-0.2, -0.15) is 0 Å². The summed E-state index contributed by atoms with van der Waals surface area (Å²) in [5, 5.41) is 56.2. The van der Waals surface area contributed by atoms with E-state index in [2.05, 4.69) is 47.2 Å². The molecule has 1 aliphatic heterocycles. The minimum atomic E-state index is -1.85. The Balaban J connectivity index is 1.87. The van der Waals surface area contributed by atoms with Crippen LogP contribution in [0, 0.1) is 5.41 Å². The molecule has 1 aliphatic rings. The van der Waals surface area contributed by atoms with Crippen LogP contribution >= 0.6 is 0 Å². The molecule has 0 aliphatic carbocycles. The van der Waals surface area contributed by atoms with Crippen molar-refractivity contribution in [2.24, 2.45) is 45.1 Å². The molecule has 1 aromatic carbocycles. The number of hydrogen-bond acceptors (Lipinski definition) is 18. The molecule has 2 heterocycles. The fourth-order valence-corrected chi connectivity index (χ4v) is 8.35. The molecule has 2 aromatic rings. The number of aromatic nitrogens is 1. The molecule has 0 spiro atoms. The van der Waals surface area contributed by atoms with Crippen LogP contribution in [0.25, 0.3) is 10.9 Å². The van der Waals surface area contributed by atoms with E-state index in [0.717, 1.165) is 10.9 Å². The molecule has 3 rings (SSSR count). The zero-order chi connectivity index (χ0) is 58.6. The molecule has 0 unspecified atom stereocenters. The Bertz CT molecular complexity index is 2470. The molecule has 1 fully saturated rings. The molecular formula is C49H80N18O12. The summed E-state index contributed by atoms with van der Waals surface area (Å²) in [4.78, 5) is 130. The maximum absolute atomic E-state index is 14.4. The third-order valence-electron chi connectivity index (χ3n) is 12.7. The quantitative estimate of drug-likeness (QED) is 0.0132. The molecule has 0 bridgehead atoms. The molecule has 438 valence electrons. The molecule has 30 nitrogen and oxygen atoms in total. The van der Waals surface area contributed by atoms with Gasteiger partial charge in [0.1, 0.15) is 41.6 Å². The van der Waals surface area contributed by atoms with E-state index in [-0.39, 0.29) is 82.8 Å². The molecule has 79 heavy (non-hydrogen) atoms. The van der Waals surface area contributed by atoms with Gasteiger partial charge in [-0.05, 0) is 95.5 Å². The number of H-pyrrole nitrogens is 1. The molecule has 0 radical (unpaired) electrons. The van der Waals surface area contributed by atoms with Crippen molar-refractivity contribution < 1.29 is 58.5 Å². The van der Waals surface area contributed by atoms with Crippen LogP contribution in [0.1, 0.15) is 76.2 Å². The number of aliphatic hydroxyl groups is 2. The first-order chi connectivity index (χ1) is 37.7. The lowest BCUT2D eigenvalue weighted by Gasteiger charge is -2.28. The van der Waals surface area contributed by atoms with E-state index < -0.39 is 127 Å². The zero-order valence-electron chi connectivity index (χ0n) is 44.2. The number of guanidine groups is 1. The molecule has 8 amide bonds. The summed E-state index contributed by atoms with van der Waals surface area (Å²) in [5.41, 5.74) is 40.0. The highest BCUT2D eigenvalue weighted by Gasteiger charge is 2.39. The predicted octanol–water partition coefficient (Wildman–Crippen LogP) is -6.35. The lowest BCUT2D eigenvalue weighted by Crippen LogP contribution is -2.63. The van der Waals surface area contributed by atoms with Gasteiger partial charge in [-0.3, -0.25) is 43.8 Å². The number of likely N-dealkylation sites (tertiary alicyclic amines) is 1. The number of carbonyl (C=O) groups excluding carboxylic acids is 8. The number of fused-ring (bicyclic) bond motifs is 1. The van der Waals surface area contributed by atoms with Crippen molar-refractivity contribution in [2.75, 3.05) is 52.4 Å². The summed E-state index contributed by atoms with van der Waals surface area (Å²) < 4.78 is 0. The third kappa shape index (κ3) is 21.4. The summed E-state index contributed by atoms with van der Waals surface area (Å²) >= 11 is 0. The maximum atomic E-state index is 14.4. The van der Waals surface area contributed by atoms with E-state index in [4.69, 9.17) is 45.5 Å². The van der Waals surface area contributed by atoms with E-state index >= 15 is 0 Å². The average molecular weight is 1110 g/mol. The number of carboxylic acids is 1. The van der Waals surface area contributed by atoms with Gasteiger partial charge in [0, 0.05) is 49.7 Å². The number of para-hydroxylation sites is 1. The number of nitrogens with one attached hydrogen (secondary N) is 9. The standard InChI is InChI=1S/C49H80N18O12/c50-17-5-3-11-29(55)41(71)65-40(37(69)24-54)46(76)66-39(36(68)23-53)45(75)60-26-38(70)61-32(14-7-19-52)47(77)67-21-9-16-35(67)44(74)64-34(22-27-25-59-30-12-2-1-10-28(27)30)43(73)62-31(13-4-6-18-51)42(72)63-33(48(78)79)15-8-20-58-49(56)57/h1-2,10,12,15,25,29,31,34-37,39-40,59,68-69H,3-9,11,13-14,16-24,26,50-55H2,(H,60,75)(H,62,73)(H,63,72)(H,64,74)(H,65,71)(H,66,76)(H,78,79)(H4,56,57,58)/b33-15-,61-32+/t29-,31-,34-,35-,36-,37-,39-,40-/m0/s1. The second-order valence-electron chi connectivity index (χ2n) is 18.7. The van der Waals surface area contributed by atoms with Gasteiger partial charge in [-0.25, -0.2) is 9.79 Å². The molecule has 1 saturated heterocycles. The largest absolute Gasteiger partial charge is 0.477 e. The minimum absolute atomic E-state index is 0.0231. The van der Waals surface area contributed by atoms with Gasteiger partial charge < -0.3 is 103 Å². The highest BCUT2D eigenvalue weighted by atomic mass is 16.4. The summed E-state index contributed by atoms with van der Waals surface area (Å²) in [6.45, 7) is -1.17. The number of hydrogen-bond donors (Lipinski definition) is 19. The number of nitrogens with zero attached hydrogens (tertiary/aromatic N) is 2. The fraction of sp³-hybridized carbons (Fsp3) is 0.571. The topological polar surface area (TPSA) is 536 Å². The van der Waals surface area contributed by atoms with Gasteiger partial charge in [0.25, 0.3) is 11.8 Å². The smallest absolute Gasteiger partial charge is 0.352 e. The number of unbranched alkanes of at least 4 members (excludes halogenated alkanes) is 2. The van der Waals surface area contributed by atoms with Crippen LogP contribution < -0.4 is 77.4 Å². The number of aliphatic carboxylic acids is 1. The van der Waals surface area contributed by atoms with Crippen LogP contribution in [0.4, 0.5) is 0 Å². The number of benzene rings is 1. The number of aliphatic hydroxyl groups excluding tert-OH is 2. The van der Waals surface area contributed by atoms with Crippen LogP contribution in [-0.4, -0.2) is 191 Å². The van der Waals surface area contributed by atoms with E-state index in [1.165, 1.54) is 11.0 Å². The van der Waals surface area contributed by atoms with E-state index in [1.807, 2.05) is 6.07 Å². The van der Waals surface area contributed by atoms with Crippen molar-refractivity contribution in [3.05, 3.63) is 47.8 Å². The number of rotatable bonds is 35. The number of aliphatic imine (C=N–C) groups is 1. The van der Waals surface area contributed by atoms with Crippen molar-refractivity contribution in [3.63, 3.8) is 0 Å². The van der Waals surface area contributed by atoms with Gasteiger partial charge in [0.05, 0.1) is 24.8 Å². The van der Waals surface area contributed by atoms with Crippen molar-refractivity contribution in [3.8, 4) is 0 Å². The molecule has 30 heteroatoms. The Kier molecular flexibility index (Phi) is 28.7. The number of nitrogens with two attached hydrogens (primary N) is 7. The Morgan fingerprint density at radius 2 is 1.41 bits per heavy atom. The minimum Gasteiger partial charge on any atom is -0.477 e. The van der Waals surface area contributed by atoms with Gasteiger partial charge in [-0.1, -0.05) is 30.7 Å². The number of carbonyl (C=O) groups is 9. The van der Waals surface area contributed by atoms with Gasteiger partial charge in [0.2, 0.25) is 35.4 Å². The van der Waals surface area contributed by atoms with Gasteiger partial charge in [-0.15, -0.1) is 0 Å². The Morgan fingerprint density at radius 1 is 0.772 bits per heavy atom. The SMILES string of the molecule is N=C(N)NCC/C=C(\NC(=O)[C@H](CCCCN)NC(=O)[C@H](Cc1c[nH]c2ccccc12)NC(=O)[C@@H]1CCCN1C(=O)/C(CCCN)=N/C(=O)CNC(=O)[C@@H](NC(=O)[C@@H](NC(=O)[C@@H](N)CCCCN)[C@@H](O)CN)[C@@H](O)CN)C(=O)O. The number of aromatic amines is 1. The molecule has 8 atom stereocenters. The van der Waals surface area contributed by atoms with Crippen molar-refractivity contribution >= 4 is 75.8 Å². The summed E-state index contributed by atoms with van der Waals surface area (Å²) in [5.74, 6) is -9.25. The third-order valence-corrected chi connectivity index (χ3v) is 12.7. The highest BCUT2D eigenvalue weighted by molar-refractivity contribution is 6.40. The van der Waals surface area contributed by atoms with Crippen LogP contribution in [-0.2, 0) is 49.6 Å². The first-order valence-electron chi connectivity index (χ1n) is 26.1. The van der Waals surface area contributed by atoms with Gasteiger partial charge in [0.15, 0.2) is 5.96 Å². The Hall–Kier alpha value is -7.45. The van der Waals surface area contributed by atoms with Crippen molar-refractivity contribution in [2.45, 2.75) is 126 Å². The van der Waals surface area contributed by atoms with Crippen molar-refractivity contribution in [1.82, 2.24) is 47.1 Å². The number of amides is 8. The fourth-order valence-electron chi connectivity index (χ4n) is 8.35. The zero-order valence-corrected chi connectivity index (χ0v) is 44.2. The molecule has 26 N–H and O–H groups in total. The second kappa shape index (κ2) is 34.4. The van der Waals surface area contributed by atoms with E-state index in [9.17, 15) is 58.5 Å². The highest BCUT2D eigenvalue weighted by Crippen LogP contribution is 2.22.